The van der Waals surface area contributed by atoms with Gasteiger partial charge in [-0.2, -0.15) is 0 Å². The van der Waals surface area contributed by atoms with Gasteiger partial charge < -0.3 is 10.5 Å². The SMILES string of the molecule is CCCCC[C@H](N)c1c(F)cccc1OC.Cl. The molecule has 4 heteroatoms. The summed E-state index contributed by atoms with van der Waals surface area (Å²) in [5, 5.41) is 0. The van der Waals surface area contributed by atoms with E-state index < -0.39 is 0 Å². The first kappa shape index (κ1) is 16.2. The molecule has 0 aromatic heterocycles. The molecule has 0 aliphatic rings. The zero-order chi connectivity index (χ0) is 12.0. The van der Waals surface area contributed by atoms with E-state index in [1.807, 2.05) is 0 Å². The molecule has 0 fully saturated rings. The zero-order valence-corrected chi connectivity index (χ0v) is 11.2. The molecule has 0 heterocycles. The standard InChI is InChI=1S/C13H20FNO.ClH/c1-3-4-5-8-11(15)13-10(14)7-6-9-12(13)16-2;/h6-7,9,11H,3-5,8,15H2,1-2H3;1H/t11-;/m0./s1. The van der Waals surface area contributed by atoms with Crippen molar-refractivity contribution in [3.05, 3.63) is 29.6 Å². The summed E-state index contributed by atoms with van der Waals surface area (Å²) in [4.78, 5) is 0. The molecule has 2 nitrogen and oxygen atoms in total. The van der Waals surface area contributed by atoms with Crippen LogP contribution in [-0.4, -0.2) is 7.11 Å². The summed E-state index contributed by atoms with van der Waals surface area (Å²) in [7, 11) is 1.54. The second-order valence-electron chi connectivity index (χ2n) is 3.96. The maximum absolute atomic E-state index is 13.6. The van der Waals surface area contributed by atoms with Crippen LogP contribution >= 0.6 is 12.4 Å². The van der Waals surface area contributed by atoms with Gasteiger partial charge >= 0.3 is 0 Å². The zero-order valence-electron chi connectivity index (χ0n) is 10.4. The van der Waals surface area contributed by atoms with Gasteiger partial charge in [-0.05, 0) is 18.6 Å². The Morgan fingerprint density at radius 3 is 2.65 bits per heavy atom. The number of unbranched alkanes of at least 4 members (excludes halogenated alkanes) is 2. The largest absolute Gasteiger partial charge is 0.496 e. The molecular weight excluding hydrogens is 241 g/mol. The molecule has 0 spiro atoms. The predicted molar refractivity (Wildman–Crippen MR) is 71.3 cm³/mol. The molecule has 0 saturated heterocycles. The minimum atomic E-state index is -0.275. The highest BCUT2D eigenvalue weighted by atomic mass is 35.5. The lowest BCUT2D eigenvalue weighted by Crippen LogP contribution is -2.13. The number of nitrogens with two attached hydrogens (primary N) is 1. The smallest absolute Gasteiger partial charge is 0.131 e. The fourth-order valence-corrected chi connectivity index (χ4v) is 1.81. The van der Waals surface area contributed by atoms with Crippen molar-refractivity contribution in [2.24, 2.45) is 5.73 Å². The van der Waals surface area contributed by atoms with Crippen LogP contribution in [0.3, 0.4) is 0 Å². The van der Waals surface area contributed by atoms with E-state index in [0.29, 0.717) is 11.3 Å². The molecule has 0 saturated carbocycles. The van der Waals surface area contributed by atoms with Crippen molar-refractivity contribution in [1.29, 1.82) is 0 Å². The van der Waals surface area contributed by atoms with Crippen LogP contribution in [0.5, 0.6) is 5.75 Å². The van der Waals surface area contributed by atoms with Gasteiger partial charge in [0.2, 0.25) is 0 Å². The van der Waals surface area contributed by atoms with E-state index in [0.717, 1.165) is 25.7 Å². The van der Waals surface area contributed by atoms with Gasteiger partial charge in [-0.1, -0.05) is 32.3 Å². The Morgan fingerprint density at radius 1 is 1.35 bits per heavy atom. The predicted octanol–water partition coefficient (Wildman–Crippen LogP) is 3.84. The molecule has 0 aliphatic carbocycles. The third-order valence-electron chi connectivity index (χ3n) is 2.72. The molecule has 0 unspecified atom stereocenters. The summed E-state index contributed by atoms with van der Waals surface area (Å²) in [5.41, 5.74) is 6.49. The van der Waals surface area contributed by atoms with Gasteiger partial charge in [0.1, 0.15) is 11.6 Å². The van der Waals surface area contributed by atoms with Crippen LogP contribution < -0.4 is 10.5 Å². The van der Waals surface area contributed by atoms with Crippen LogP contribution in [0.4, 0.5) is 4.39 Å². The fourth-order valence-electron chi connectivity index (χ4n) is 1.81. The molecule has 1 aromatic rings. The van der Waals surface area contributed by atoms with Crippen molar-refractivity contribution >= 4 is 12.4 Å². The third kappa shape index (κ3) is 4.52. The van der Waals surface area contributed by atoms with Gasteiger partial charge in [-0.3, -0.25) is 0 Å². The first-order valence-electron chi connectivity index (χ1n) is 5.78. The summed E-state index contributed by atoms with van der Waals surface area (Å²) < 4.78 is 18.8. The number of halogens is 2. The quantitative estimate of drug-likeness (QED) is 0.790. The molecule has 1 rings (SSSR count). The monoisotopic (exact) mass is 261 g/mol. The molecule has 0 aliphatic heterocycles. The average molecular weight is 262 g/mol. The lowest BCUT2D eigenvalue weighted by molar-refractivity contribution is 0.396. The Labute approximate surface area is 109 Å². The highest BCUT2D eigenvalue weighted by Gasteiger charge is 2.16. The van der Waals surface area contributed by atoms with E-state index in [4.69, 9.17) is 10.5 Å². The number of ether oxygens (including phenoxy) is 1. The molecule has 98 valence electrons. The first-order valence-corrected chi connectivity index (χ1v) is 5.78. The van der Waals surface area contributed by atoms with Crippen molar-refractivity contribution in [3.8, 4) is 5.75 Å². The Kier molecular flexibility index (Phi) is 7.92. The van der Waals surface area contributed by atoms with Crippen LogP contribution in [0.25, 0.3) is 0 Å². The third-order valence-corrected chi connectivity index (χ3v) is 2.72. The van der Waals surface area contributed by atoms with Gasteiger partial charge in [-0.25, -0.2) is 4.39 Å². The van der Waals surface area contributed by atoms with Gasteiger partial charge in [-0.15, -0.1) is 12.4 Å². The van der Waals surface area contributed by atoms with Crippen LogP contribution in [0.1, 0.15) is 44.2 Å². The summed E-state index contributed by atoms with van der Waals surface area (Å²) >= 11 is 0. The van der Waals surface area contributed by atoms with E-state index in [1.54, 1.807) is 12.1 Å². The maximum Gasteiger partial charge on any atom is 0.131 e. The maximum atomic E-state index is 13.6. The highest BCUT2D eigenvalue weighted by molar-refractivity contribution is 5.85. The van der Waals surface area contributed by atoms with E-state index in [2.05, 4.69) is 6.92 Å². The first-order chi connectivity index (χ1) is 7.70. The minimum absolute atomic E-state index is 0. The van der Waals surface area contributed by atoms with Crippen molar-refractivity contribution in [3.63, 3.8) is 0 Å². The van der Waals surface area contributed by atoms with E-state index in [1.165, 1.54) is 13.2 Å². The topological polar surface area (TPSA) is 35.2 Å². The molecule has 2 N–H and O–H groups in total. The Hall–Kier alpha value is -0.800. The van der Waals surface area contributed by atoms with Gasteiger partial charge in [0.25, 0.3) is 0 Å². The summed E-state index contributed by atoms with van der Waals surface area (Å²) in [6.45, 7) is 2.13. The number of methoxy groups -OCH3 is 1. The van der Waals surface area contributed by atoms with Gasteiger partial charge in [0, 0.05) is 11.6 Å². The van der Waals surface area contributed by atoms with Gasteiger partial charge in [0.05, 0.1) is 7.11 Å². The molecule has 0 radical (unpaired) electrons. The normalized spacial score (nSPS) is 11.8. The number of benzene rings is 1. The average Bonchev–Trinajstić information content (AvgIpc) is 2.28. The second-order valence-corrected chi connectivity index (χ2v) is 3.96. The molecule has 0 amide bonds. The molecule has 17 heavy (non-hydrogen) atoms. The molecule has 1 aromatic carbocycles. The second kappa shape index (κ2) is 8.31. The van der Waals surface area contributed by atoms with Crippen LogP contribution in [-0.2, 0) is 0 Å². The summed E-state index contributed by atoms with van der Waals surface area (Å²) in [5.74, 6) is 0.271. The fraction of sp³-hybridized carbons (Fsp3) is 0.538. The molecule has 0 bridgehead atoms. The number of hydrogen-bond donors (Lipinski definition) is 1. The van der Waals surface area contributed by atoms with Crippen LogP contribution in [0, 0.1) is 5.82 Å². The Morgan fingerprint density at radius 2 is 2.06 bits per heavy atom. The van der Waals surface area contributed by atoms with E-state index in [9.17, 15) is 4.39 Å². The Balaban J connectivity index is 0.00000256. The minimum Gasteiger partial charge on any atom is -0.496 e. The lowest BCUT2D eigenvalue weighted by atomic mass is 10.00. The van der Waals surface area contributed by atoms with E-state index in [-0.39, 0.29) is 24.3 Å². The van der Waals surface area contributed by atoms with E-state index >= 15 is 0 Å². The van der Waals surface area contributed by atoms with Crippen LogP contribution in [0.15, 0.2) is 18.2 Å². The van der Waals surface area contributed by atoms with Crippen molar-refractivity contribution < 1.29 is 9.13 Å². The number of hydrogen-bond acceptors (Lipinski definition) is 2. The lowest BCUT2D eigenvalue weighted by Gasteiger charge is -2.16. The molecular formula is C13H21ClFNO. The molecule has 1 atom stereocenters. The number of rotatable bonds is 6. The van der Waals surface area contributed by atoms with Crippen LogP contribution in [0.2, 0.25) is 0 Å². The summed E-state index contributed by atoms with van der Waals surface area (Å²) in [6, 6.07) is 4.54. The van der Waals surface area contributed by atoms with Crippen molar-refractivity contribution in [1.82, 2.24) is 0 Å². The Bertz CT molecular complexity index is 333. The summed E-state index contributed by atoms with van der Waals surface area (Å²) in [6.07, 6.45) is 4.09. The highest BCUT2D eigenvalue weighted by Crippen LogP contribution is 2.29. The van der Waals surface area contributed by atoms with Crippen molar-refractivity contribution in [2.75, 3.05) is 7.11 Å². The van der Waals surface area contributed by atoms with Crippen molar-refractivity contribution in [2.45, 2.75) is 38.6 Å². The van der Waals surface area contributed by atoms with Gasteiger partial charge in [0.15, 0.2) is 0 Å².